The van der Waals surface area contributed by atoms with Crippen LogP contribution in [0, 0.1) is 0 Å². The molecule has 4 N–H and O–H groups in total. The predicted octanol–water partition coefficient (Wildman–Crippen LogP) is 1.10. The molecule has 0 saturated heterocycles. The van der Waals surface area contributed by atoms with Gasteiger partial charge in [0.1, 0.15) is 10.7 Å². The van der Waals surface area contributed by atoms with E-state index in [-0.39, 0.29) is 34.3 Å². The van der Waals surface area contributed by atoms with Crippen LogP contribution in [0.5, 0.6) is 0 Å². The van der Waals surface area contributed by atoms with Gasteiger partial charge in [-0.1, -0.05) is 18.3 Å². The molecule has 0 aliphatic heterocycles. The van der Waals surface area contributed by atoms with Crippen molar-refractivity contribution >= 4 is 38.0 Å². The number of sulfone groups is 1. The van der Waals surface area contributed by atoms with E-state index in [2.05, 4.69) is 15.6 Å². The molecule has 0 radical (unpaired) electrons. The molecule has 7 nitrogen and oxygen atoms in total. The third-order valence-electron chi connectivity index (χ3n) is 2.48. The molecule has 0 bridgehead atoms. The number of hydrogen-bond donors (Lipinski definition) is 3. The minimum atomic E-state index is -3.10. The molecule has 0 aliphatic rings. The van der Waals surface area contributed by atoms with Gasteiger partial charge in [0.25, 0.3) is 5.91 Å². The molecule has 0 fully saturated rings. The highest BCUT2D eigenvalue weighted by Crippen LogP contribution is 2.26. The average Bonchev–Trinajstić information content (AvgIpc) is 2.67. The van der Waals surface area contributed by atoms with E-state index in [1.165, 1.54) is 0 Å². The Labute approximate surface area is 129 Å². The van der Waals surface area contributed by atoms with Gasteiger partial charge in [0.15, 0.2) is 15.0 Å². The minimum Gasteiger partial charge on any atom is -0.382 e. The van der Waals surface area contributed by atoms with E-state index in [1.54, 1.807) is 6.92 Å². The monoisotopic (exact) mass is 334 g/mol. The highest BCUT2D eigenvalue weighted by molar-refractivity contribution is 7.91. The SMILES string of the molecule is CCS(=O)(=O)CCNC(=O)c1sc(NC(C)(C)C)nc1N. The van der Waals surface area contributed by atoms with Crippen LogP contribution in [0.3, 0.4) is 0 Å². The van der Waals surface area contributed by atoms with Gasteiger partial charge in [0, 0.05) is 17.8 Å². The molecule has 1 aromatic rings. The number of thiazole rings is 1. The number of amides is 1. The summed E-state index contributed by atoms with van der Waals surface area (Å²) in [7, 11) is -3.10. The van der Waals surface area contributed by atoms with Crippen LogP contribution in [0.2, 0.25) is 0 Å². The van der Waals surface area contributed by atoms with Crippen LogP contribution < -0.4 is 16.4 Å². The molecule has 9 heteroatoms. The first-order valence-corrected chi connectivity index (χ1v) is 9.21. The first kappa shape index (κ1) is 17.7. The second kappa shape index (κ2) is 6.61. The summed E-state index contributed by atoms with van der Waals surface area (Å²) < 4.78 is 22.7. The molecule has 1 aromatic heterocycles. The highest BCUT2D eigenvalue weighted by Gasteiger charge is 2.19. The topological polar surface area (TPSA) is 114 Å². The summed E-state index contributed by atoms with van der Waals surface area (Å²) in [6.07, 6.45) is 0. The summed E-state index contributed by atoms with van der Waals surface area (Å²) in [6, 6.07) is 0. The van der Waals surface area contributed by atoms with Crippen LogP contribution >= 0.6 is 11.3 Å². The first-order valence-electron chi connectivity index (χ1n) is 6.57. The summed E-state index contributed by atoms with van der Waals surface area (Å²) >= 11 is 1.15. The van der Waals surface area contributed by atoms with Crippen LogP contribution in [0.25, 0.3) is 0 Å². The van der Waals surface area contributed by atoms with Crippen LogP contribution in [0.4, 0.5) is 10.9 Å². The summed E-state index contributed by atoms with van der Waals surface area (Å²) in [6.45, 7) is 7.55. The lowest BCUT2D eigenvalue weighted by atomic mass is 10.1. The van der Waals surface area contributed by atoms with Crippen molar-refractivity contribution in [2.24, 2.45) is 0 Å². The largest absolute Gasteiger partial charge is 0.382 e. The van der Waals surface area contributed by atoms with Gasteiger partial charge >= 0.3 is 0 Å². The molecule has 21 heavy (non-hydrogen) atoms. The third-order valence-corrected chi connectivity index (χ3v) is 5.17. The number of nitrogens with one attached hydrogen (secondary N) is 2. The number of nitrogens with zero attached hydrogens (tertiary/aromatic N) is 1. The second-order valence-corrected chi connectivity index (χ2v) is 9.07. The Morgan fingerprint density at radius 2 is 2.00 bits per heavy atom. The van der Waals surface area contributed by atoms with Crippen molar-refractivity contribution in [2.75, 3.05) is 29.1 Å². The maximum Gasteiger partial charge on any atom is 0.265 e. The van der Waals surface area contributed by atoms with Crippen molar-refractivity contribution in [2.45, 2.75) is 33.2 Å². The zero-order valence-electron chi connectivity index (χ0n) is 12.7. The molecule has 0 saturated carbocycles. The number of aromatic nitrogens is 1. The number of nitrogen functional groups attached to an aromatic ring is 1. The lowest BCUT2D eigenvalue weighted by molar-refractivity contribution is 0.0961. The zero-order chi connectivity index (χ0) is 16.3. The van der Waals surface area contributed by atoms with E-state index < -0.39 is 15.7 Å². The maximum absolute atomic E-state index is 12.0. The number of carbonyl (C=O) groups is 1. The summed E-state index contributed by atoms with van der Waals surface area (Å²) in [5, 5.41) is 6.25. The molecular formula is C12H22N4O3S2. The molecular weight excluding hydrogens is 312 g/mol. The Balaban J connectivity index is 2.67. The molecule has 0 aliphatic carbocycles. The van der Waals surface area contributed by atoms with Crippen molar-refractivity contribution < 1.29 is 13.2 Å². The number of rotatable bonds is 6. The summed E-state index contributed by atoms with van der Waals surface area (Å²) in [5.74, 6) is -0.285. The molecule has 0 aromatic carbocycles. The molecule has 0 spiro atoms. The van der Waals surface area contributed by atoms with Gasteiger partial charge in [0.05, 0.1) is 5.75 Å². The predicted molar refractivity (Wildman–Crippen MR) is 86.6 cm³/mol. The number of anilines is 2. The minimum absolute atomic E-state index is 0.0607. The van der Waals surface area contributed by atoms with Gasteiger partial charge < -0.3 is 16.4 Å². The first-order chi connectivity index (χ1) is 9.54. The van der Waals surface area contributed by atoms with Crippen LogP contribution in [0.1, 0.15) is 37.4 Å². The Kier molecular flexibility index (Phi) is 5.57. The van der Waals surface area contributed by atoms with Gasteiger partial charge in [-0.05, 0) is 20.8 Å². The van der Waals surface area contributed by atoms with Crippen LogP contribution in [-0.4, -0.2) is 42.9 Å². The lowest BCUT2D eigenvalue weighted by Crippen LogP contribution is -2.29. The van der Waals surface area contributed by atoms with Gasteiger partial charge in [-0.2, -0.15) is 0 Å². The van der Waals surface area contributed by atoms with Crippen molar-refractivity contribution in [1.29, 1.82) is 0 Å². The molecule has 1 heterocycles. The normalized spacial score (nSPS) is 12.2. The van der Waals surface area contributed by atoms with Crippen LogP contribution in [0.15, 0.2) is 0 Å². The van der Waals surface area contributed by atoms with Crippen molar-refractivity contribution in [3.63, 3.8) is 0 Å². The highest BCUT2D eigenvalue weighted by atomic mass is 32.2. The fourth-order valence-corrected chi connectivity index (χ4v) is 3.12. The summed E-state index contributed by atoms with van der Waals surface area (Å²) in [5.41, 5.74) is 5.54. The number of hydrogen-bond acceptors (Lipinski definition) is 7. The maximum atomic E-state index is 12.0. The molecule has 0 atom stereocenters. The fraction of sp³-hybridized carbons (Fsp3) is 0.667. The van der Waals surface area contributed by atoms with E-state index in [0.717, 1.165) is 11.3 Å². The number of carbonyl (C=O) groups excluding carboxylic acids is 1. The number of nitrogens with two attached hydrogens (primary N) is 1. The Morgan fingerprint density at radius 3 is 2.52 bits per heavy atom. The summed E-state index contributed by atoms with van der Waals surface area (Å²) in [4.78, 5) is 16.4. The smallest absolute Gasteiger partial charge is 0.265 e. The van der Waals surface area contributed by atoms with E-state index in [1.807, 2.05) is 20.8 Å². The zero-order valence-corrected chi connectivity index (χ0v) is 14.3. The molecule has 1 amide bonds. The Morgan fingerprint density at radius 1 is 1.38 bits per heavy atom. The van der Waals surface area contributed by atoms with Crippen molar-refractivity contribution in [1.82, 2.24) is 10.3 Å². The Bertz CT molecular complexity index is 603. The Hall–Kier alpha value is -1.35. The van der Waals surface area contributed by atoms with Crippen LogP contribution in [-0.2, 0) is 9.84 Å². The molecule has 120 valence electrons. The van der Waals surface area contributed by atoms with Gasteiger partial charge in [-0.15, -0.1) is 0 Å². The van der Waals surface area contributed by atoms with E-state index in [4.69, 9.17) is 5.73 Å². The van der Waals surface area contributed by atoms with E-state index in [9.17, 15) is 13.2 Å². The van der Waals surface area contributed by atoms with Crippen molar-refractivity contribution in [3.05, 3.63) is 4.88 Å². The quantitative estimate of drug-likeness (QED) is 0.718. The third kappa shape index (κ3) is 5.88. The molecule has 0 unspecified atom stereocenters. The average molecular weight is 334 g/mol. The fourth-order valence-electron chi connectivity index (χ4n) is 1.41. The van der Waals surface area contributed by atoms with Gasteiger partial charge in [-0.25, -0.2) is 13.4 Å². The standard InChI is InChI=1S/C12H22N4O3S2/c1-5-21(18,19)7-6-14-10(17)8-9(13)15-11(20-8)16-12(2,3)4/h5-7,13H2,1-4H3,(H,14,17)(H,15,16). The lowest BCUT2D eigenvalue weighted by Gasteiger charge is -2.19. The molecule has 1 rings (SSSR count). The van der Waals surface area contributed by atoms with Gasteiger partial charge in [-0.3, -0.25) is 4.79 Å². The van der Waals surface area contributed by atoms with E-state index in [0.29, 0.717) is 5.13 Å². The van der Waals surface area contributed by atoms with Crippen molar-refractivity contribution in [3.8, 4) is 0 Å². The van der Waals surface area contributed by atoms with Gasteiger partial charge in [0.2, 0.25) is 0 Å². The van der Waals surface area contributed by atoms with E-state index >= 15 is 0 Å². The second-order valence-electron chi connectivity index (χ2n) is 5.60.